The smallest absolute Gasteiger partial charge is 0.282 e. The van der Waals surface area contributed by atoms with Crippen molar-refractivity contribution in [3.63, 3.8) is 0 Å². The first-order chi connectivity index (χ1) is 15.5. The fourth-order valence-corrected chi connectivity index (χ4v) is 3.20. The second kappa shape index (κ2) is 9.36. The van der Waals surface area contributed by atoms with Gasteiger partial charge in [-0.1, -0.05) is 48.0 Å². The molecule has 1 heterocycles. The highest BCUT2D eigenvalue weighted by atomic mass is 35.5. The molecule has 2 N–H and O–H groups in total. The lowest BCUT2D eigenvalue weighted by Gasteiger charge is -2.14. The molecule has 0 unspecified atom stereocenters. The van der Waals surface area contributed by atoms with E-state index in [4.69, 9.17) is 16.3 Å². The highest BCUT2D eigenvalue weighted by Gasteiger charge is 2.34. The molecule has 1 fully saturated rings. The van der Waals surface area contributed by atoms with Crippen LogP contribution in [-0.4, -0.2) is 24.3 Å². The Morgan fingerprint density at radius 2 is 1.66 bits per heavy atom. The first kappa shape index (κ1) is 21.1. The van der Waals surface area contributed by atoms with Crippen LogP contribution in [0.2, 0.25) is 5.02 Å². The monoisotopic (exact) mass is 447 g/mol. The van der Waals surface area contributed by atoms with Crippen LogP contribution >= 0.6 is 11.6 Å². The minimum atomic E-state index is -0.519. The van der Waals surface area contributed by atoms with Gasteiger partial charge in [0.25, 0.3) is 17.7 Å². The van der Waals surface area contributed by atoms with Crippen LogP contribution in [-0.2, 0) is 14.4 Å². The van der Waals surface area contributed by atoms with E-state index >= 15 is 0 Å². The van der Waals surface area contributed by atoms with Gasteiger partial charge in [0.15, 0.2) is 6.61 Å². The lowest BCUT2D eigenvalue weighted by molar-refractivity contribution is -0.118. The molecule has 0 saturated carbocycles. The van der Waals surface area contributed by atoms with E-state index in [9.17, 15) is 14.4 Å². The van der Waals surface area contributed by atoms with Gasteiger partial charge in [-0.05, 0) is 48.5 Å². The number of para-hydroxylation sites is 2. The van der Waals surface area contributed by atoms with Gasteiger partial charge >= 0.3 is 0 Å². The van der Waals surface area contributed by atoms with Gasteiger partial charge in [0, 0.05) is 16.3 Å². The molecule has 1 saturated heterocycles. The molecule has 0 radical (unpaired) electrons. The Balaban J connectivity index is 1.48. The van der Waals surface area contributed by atoms with Gasteiger partial charge in [0.05, 0.1) is 5.69 Å². The van der Waals surface area contributed by atoms with E-state index < -0.39 is 11.8 Å². The number of anilines is 2. The Morgan fingerprint density at radius 1 is 0.969 bits per heavy atom. The summed E-state index contributed by atoms with van der Waals surface area (Å²) in [6.45, 7) is -0.251. The summed E-state index contributed by atoms with van der Waals surface area (Å²) in [7, 11) is 0. The molecule has 3 aromatic carbocycles. The van der Waals surface area contributed by atoms with E-state index in [0.29, 0.717) is 27.7 Å². The number of carbonyl (C=O) groups is 3. The van der Waals surface area contributed by atoms with Crippen LogP contribution in [0.25, 0.3) is 6.08 Å². The molecule has 0 atom stereocenters. The molecular weight excluding hydrogens is 430 g/mol. The Hall–Kier alpha value is -4.10. The number of amides is 3. The van der Waals surface area contributed by atoms with Gasteiger partial charge in [-0.25, -0.2) is 5.01 Å². The quantitative estimate of drug-likeness (QED) is 0.444. The number of carbonyl (C=O) groups excluding carboxylic acids is 3. The average molecular weight is 448 g/mol. The molecule has 1 aliphatic heterocycles. The van der Waals surface area contributed by atoms with Crippen LogP contribution in [0.15, 0.2) is 84.4 Å². The van der Waals surface area contributed by atoms with E-state index in [2.05, 4.69) is 10.7 Å². The SMILES string of the molecule is O=C(COc1ccccc1C=C1C(=O)NN(c2ccccc2)C1=O)Nc1ccc(Cl)cc1. The zero-order valence-electron chi connectivity index (χ0n) is 16.7. The van der Waals surface area contributed by atoms with Crippen LogP contribution in [0.4, 0.5) is 11.4 Å². The fourth-order valence-electron chi connectivity index (χ4n) is 3.08. The van der Waals surface area contributed by atoms with Crippen molar-refractivity contribution >= 4 is 46.8 Å². The van der Waals surface area contributed by atoms with Gasteiger partial charge in [-0.15, -0.1) is 0 Å². The first-order valence-electron chi connectivity index (χ1n) is 9.71. The van der Waals surface area contributed by atoms with E-state index in [1.807, 2.05) is 6.07 Å². The van der Waals surface area contributed by atoms with Crippen LogP contribution in [0.1, 0.15) is 5.56 Å². The Kier molecular flexibility index (Phi) is 6.19. The average Bonchev–Trinajstić information content (AvgIpc) is 3.09. The van der Waals surface area contributed by atoms with Crippen molar-refractivity contribution in [2.24, 2.45) is 0 Å². The molecule has 3 amide bonds. The molecule has 0 bridgehead atoms. The van der Waals surface area contributed by atoms with Crippen molar-refractivity contribution in [3.05, 3.63) is 95.0 Å². The summed E-state index contributed by atoms with van der Waals surface area (Å²) in [5.41, 5.74) is 4.17. The Morgan fingerprint density at radius 3 is 2.41 bits per heavy atom. The van der Waals surface area contributed by atoms with Crippen LogP contribution in [0, 0.1) is 0 Å². The van der Waals surface area contributed by atoms with Gasteiger partial charge in [-0.3, -0.25) is 19.8 Å². The molecule has 8 heteroatoms. The van der Waals surface area contributed by atoms with Gasteiger partial charge in [-0.2, -0.15) is 0 Å². The summed E-state index contributed by atoms with van der Waals surface area (Å²) in [5.74, 6) is -0.990. The normalized spacial score (nSPS) is 14.4. The molecule has 1 aliphatic rings. The maximum atomic E-state index is 12.8. The molecule has 3 aromatic rings. The molecule has 32 heavy (non-hydrogen) atoms. The number of hydrogen-bond acceptors (Lipinski definition) is 4. The number of nitrogens with zero attached hydrogens (tertiary/aromatic N) is 1. The van der Waals surface area contributed by atoms with Crippen molar-refractivity contribution in [2.45, 2.75) is 0 Å². The summed E-state index contributed by atoms with van der Waals surface area (Å²) >= 11 is 5.84. The third-order valence-electron chi connectivity index (χ3n) is 4.61. The van der Waals surface area contributed by atoms with Crippen molar-refractivity contribution < 1.29 is 19.1 Å². The summed E-state index contributed by atoms with van der Waals surface area (Å²) in [6.07, 6.45) is 1.45. The minimum Gasteiger partial charge on any atom is -0.483 e. The van der Waals surface area contributed by atoms with Gasteiger partial charge < -0.3 is 10.1 Å². The second-order valence-corrected chi connectivity index (χ2v) is 7.29. The summed E-state index contributed by atoms with van der Waals surface area (Å²) in [6, 6.07) is 22.4. The summed E-state index contributed by atoms with van der Waals surface area (Å²) < 4.78 is 5.65. The maximum Gasteiger partial charge on any atom is 0.282 e. The van der Waals surface area contributed by atoms with Crippen molar-refractivity contribution in [2.75, 3.05) is 16.9 Å². The van der Waals surface area contributed by atoms with Gasteiger partial charge in [0.1, 0.15) is 11.3 Å². The number of rotatable bonds is 6. The third-order valence-corrected chi connectivity index (χ3v) is 4.86. The van der Waals surface area contributed by atoms with E-state index in [1.54, 1.807) is 72.8 Å². The number of hydrazine groups is 1. The van der Waals surface area contributed by atoms with Crippen LogP contribution in [0.5, 0.6) is 5.75 Å². The highest BCUT2D eigenvalue weighted by Crippen LogP contribution is 2.25. The first-order valence-corrected chi connectivity index (χ1v) is 10.1. The molecule has 0 aliphatic carbocycles. The summed E-state index contributed by atoms with van der Waals surface area (Å²) in [4.78, 5) is 37.4. The molecular formula is C24H18ClN3O4. The number of ether oxygens (including phenoxy) is 1. The van der Waals surface area contributed by atoms with E-state index in [1.165, 1.54) is 11.1 Å². The number of benzene rings is 3. The van der Waals surface area contributed by atoms with Crippen molar-refractivity contribution in [3.8, 4) is 5.75 Å². The highest BCUT2D eigenvalue weighted by molar-refractivity contribution is 6.31. The molecule has 4 rings (SSSR count). The Bertz CT molecular complexity index is 1190. The fraction of sp³-hybridized carbons (Fsp3) is 0.0417. The van der Waals surface area contributed by atoms with E-state index in [0.717, 1.165) is 0 Å². The number of nitrogens with one attached hydrogen (secondary N) is 2. The largest absolute Gasteiger partial charge is 0.483 e. The van der Waals surface area contributed by atoms with E-state index in [-0.39, 0.29) is 18.1 Å². The second-order valence-electron chi connectivity index (χ2n) is 6.86. The zero-order valence-corrected chi connectivity index (χ0v) is 17.5. The maximum absolute atomic E-state index is 12.8. The molecule has 0 aromatic heterocycles. The predicted octanol–water partition coefficient (Wildman–Crippen LogP) is 3.82. The molecule has 160 valence electrons. The predicted molar refractivity (Wildman–Crippen MR) is 122 cm³/mol. The van der Waals surface area contributed by atoms with Crippen LogP contribution < -0.4 is 20.5 Å². The lowest BCUT2D eigenvalue weighted by atomic mass is 10.1. The summed E-state index contributed by atoms with van der Waals surface area (Å²) in [5, 5.41) is 4.47. The van der Waals surface area contributed by atoms with Crippen molar-refractivity contribution in [1.82, 2.24) is 5.43 Å². The van der Waals surface area contributed by atoms with Gasteiger partial charge in [0.2, 0.25) is 0 Å². The number of hydrogen-bond donors (Lipinski definition) is 2. The molecule has 0 spiro atoms. The lowest BCUT2D eigenvalue weighted by Crippen LogP contribution is -2.35. The minimum absolute atomic E-state index is 0.0319. The van der Waals surface area contributed by atoms with Crippen LogP contribution in [0.3, 0.4) is 0 Å². The topological polar surface area (TPSA) is 87.7 Å². The number of halogens is 1. The standard InChI is InChI=1S/C24H18ClN3O4/c25-17-10-12-18(13-11-17)26-22(29)15-32-21-9-5-4-6-16(21)14-20-23(30)27-28(24(20)31)19-7-2-1-3-8-19/h1-14H,15H2,(H,26,29)(H,27,30). The Labute approximate surface area is 189 Å². The third kappa shape index (κ3) is 4.79. The van der Waals surface area contributed by atoms with Crippen molar-refractivity contribution in [1.29, 1.82) is 0 Å². The molecule has 7 nitrogen and oxygen atoms in total. The zero-order chi connectivity index (χ0) is 22.5.